The molecule has 1 fully saturated rings. The smallest absolute Gasteiger partial charge is 0.319 e. The van der Waals surface area contributed by atoms with Crippen LogP contribution in [-0.4, -0.2) is 61.5 Å². The Bertz CT molecular complexity index is 1520. The molecule has 42 heavy (non-hydrogen) atoms. The molecule has 1 aliphatic heterocycles. The molecule has 218 valence electrons. The monoisotopic (exact) mass is 590 g/mol. The van der Waals surface area contributed by atoms with Gasteiger partial charge in [0.05, 0.1) is 45.0 Å². The average Bonchev–Trinajstić information content (AvgIpc) is 3.03. The number of hydrogen-bond donors (Lipinski definition) is 4. The van der Waals surface area contributed by atoms with Gasteiger partial charge in [0, 0.05) is 43.8 Å². The summed E-state index contributed by atoms with van der Waals surface area (Å²) in [5.41, 5.74) is 3.74. The molecule has 2 amide bonds. The molecule has 0 unspecified atom stereocenters. The second-order valence-corrected chi connectivity index (χ2v) is 9.59. The molecule has 1 aliphatic rings. The molecule has 1 saturated heterocycles. The van der Waals surface area contributed by atoms with Gasteiger partial charge in [-0.1, -0.05) is 23.7 Å². The number of anilines is 6. The number of pyridine rings is 1. The summed E-state index contributed by atoms with van der Waals surface area (Å²) in [6, 6.07) is 14.3. The van der Waals surface area contributed by atoms with E-state index in [0.717, 1.165) is 35.8 Å². The van der Waals surface area contributed by atoms with Crippen LogP contribution < -0.4 is 35.6 Å². The third kappa shape index (κ3) is 7.09. The average molecular weight is 591 g/mol. The number of nitrogens with one attached hydrogen (secondary N) is 4. The maximum absolute atomic E-state index is 12.4. The van der Waals surface area contributed by atoms with Gasteiger partial charge in [-0.05, 0) is 35.9 Å². The second-order valence-electron chi connectivity index (χ2n) is 9.18. The molecule has 0 radical (unpaired) electrons. The number of morpholine rings is 1. The summed E-state index contributed by atoms with van der Waals surface area (Å²) in [6.45, 7) is 3.08. The predicted octanol–water partition coefficient (Wildman–Crippen LogP) is 5.19. The summed E-state index contributed by atoms with van der Waals surface area (Å²) in [7, 11) is 3.18. The quantitative estimate of drug-likeness (QED) is 0.195. The lowest BCUT2D eigenvalue weighted by Gasteiger charge is -2.31. The Morgan fingerprint density at radius 3 is 2.60 bits per heavy atom. The van der Waals surface area contributed by atoms with Crippen molar-refractivity contribution in [1.82, 2.24) is 20.3 Å². The standard InChI is InChI=1S/C29H31ClN8O4/c1-40-24-7-3-6-23(26(24)38-11-13-42-14-12-38)35-27-21(30)18-32-28(37-27)36-22-9-8-20(15-25(22)41-2)34-29(39)33-17-19-5-4-10-31-16-19/h3-10,15-16,18H,11-14,17H2,1-2H3,(H2,33,34,39)(H2,32,35,36,37). The van der Waals surface area contributed by atoms with Crippen molar-refractivity contribution in [2.24, 2.45) is 0 Å². The van der Waals surface area contributed by atoms with Crippen molar-refractivity contribution >= 4 is 52.1 Å². The molecular formula is C29H31ClN8O4. The molecule has 4 N–H and O–H groups in total. The van der Waals surface area contributed by atoms with Crippen LogP contribution in [-0.2, 0) is 11.3 Å². The second kappa shape index (κ2) is 13.7. The van der Waals surface area contributed by atoms with Gasteiger partial charge < -0.3 is 40.4 Å². The number of carbonyl (C=O) groups excluding carboxylic acids is 1. The number of halogens is 1. The third-order valence-electron chi connectivity index (χ3n) is 6.43. The summed E-state index contributed by atoms with van der Waals surface area (Å²) in [6.07, 6.45) is 4.90. The summed E-state index contributed by atoms with van der Waals surface area (Å²) < 4.78 is 16.7. The van der Waals surface area contributed by atoms with Gasteiger partial charge in [0.1, 0.15) is 22.2 Å². The van der Waals surface area contributed by atoms with E-state index in [-0.39, 0.29) is 6.03 Å². The van der Waals surface area contributed by atoms with Gasteiger partial charge in [-0.25, -0.2) is 9.78 Å². The van der Waals surface area contributed by atoms with E-state index in [0.29, 0.717) is 53.7 Å². The van der Waals surface area contributed by atoms with E-state index >= 15 is 0 Å². The minimum absolute atomic E-state index is 0.297. The number of aromatic nitrogens is 3. The highest BCUT2D eigenvalue weighted by Gasteiger charge is 2.20. The Balaban J connectivity index is 1.30. The first-order valence-corrected chi connectivity index (χ1v) is 13.6. The lowest BCUT2D eigenvalue weighted by atomic mass is 10.2. The molecule has 12 nitrogen and oxygen atoms in total. The minimum Gasteiger partial charge on any atom is -0.495 e. The van der Waals surface area contributed by atoms with Crippen molar-refractivity contribution in [3.8, 4) is 11.5 Å². The highest BCUT2D eigenvalue weighted by molar-refractivity contribution is 6.33. The van der Waals surface area contributed by atoms with Crippen molar-refractivity contribution in [3.63, 3.8) is 0 Å². The van der Waals surface area contributed by atoms with Crippen LogP contribution in [0.4, 0.5) is 39.3 Å². The van der Waals surface area contributed by atoms with Crippen LogP contribution in [0.3, 0.4) is 0 Å². The Morgan fingerprint density at radius 1 is 1.00 bits per heavy atom. The van der Waals surface area contributed by atoms with E-state index in [1.54, 1.807) is 44.8 Å². The number of benzene rings is 2. The lowest BCUT2D eigenvalue weighted by molar-refractivity contribution is 0.122. The molecular weight excluding hydrogens is 560 g/mol. The van der Waals surface area contributed by atoms with Crippen LogP contribution in [0.5, 0.6) is 11.5 Å². The summed E-state index contributed by atoms with van der Waals surface area (Å²) in [5.74, 6) is 1.93. The Hall–Kier alpha value is -4.81. The van der Waals surface area contributed by atoms with Crippen molar-refractivity contribution in [2.75, 3.05) is 61.4 Å². The molecule has 0 saturated carbocycles. The molecule has 0 aliphatic carbocycles. The topological polar surface area (TPSA) is 135 Å². The van der Waals surface area contributed by atoms with E-state index in [1.165, 1.54) is 6.20 Å². The largest absolute Gasteiger partial charge is 0.495 e. The fraction of sp³-hybridized carbons (Fsp3) is 0.241. The van der Waals surface area contributed by atoms with Crippen molar-refractivity contribution in [1.29, 1.82) is 0 Å². The van der Waals surface area contributed by atoms with Gasteiger partial charge in [-0.15, -0.1) is 0 Å². The summed E-state index contributed by atoms with van der Waals surface area (Å²) >= 11 is 6.50. The molecule has 2 aromatic carbocycles. The number of nitrogens with zero attached hydrogens (tertiary/aromatic N) is 4. The van der Waals surface area contributed by atoms with Gasteiger partial charge in [-0.3, -0.25) is 4.98 Å². The molecule has 0 atom stereocenters. The molecule has 0 spiro atoms. The number of amides is 2. The van der Waals surface area contributed by atoms with Crippen molar-refractivity contribution in [3.05, 3.63) is 77.7 Å². The molecule has 13 heteroatoms. The first kappa shape index (κ1) is 28.7. The number of rotatable bonds is 10. The van der Waals surface area contributed by atoms with Crippen LogP contribution in [0.1, 0.15) is 5.56 Å². The fourth-order valence-corrected chi connectivity index (χ4v) is 4.53. The number of hydrogen-bond acceptors (Lipinski definition) is 10. The Labute approximate surface area is 248 Å². The van der Waals surface area contributed by atoms with Gasteiger partial charge >= 0.3 is 6.03 Å². The van der Waals surface area contributed by atoms with E-state index in [1.807, 2.05) is 30.3 Å². The zero-order valence-electron chi connectivity index (χ0n) is 23.2. The van der Waals surface area contributed by atoms with Crippen LogP contribution >= 0.6 is 11.6 Å². The molecule has 2 aromatic heterocycles. The highest BCUT2D eigenvalue weighted by Crippen LogP contribution is 2.39. The van der Waals surface area contributed by atoms with Crippen LogP contribution in [0.2, 0.25) is 5.02 Å². The van der Waals surface area contributed by atoms with E-state index < -0.39 is 0 Å². The highest BCUT2D eigenvalue weighted by atomic mass is 35.5. The molecule has 0 bridgehead atoms. The number of ether oxygens (including phenoxy) is 3. The predicted molar refractivity (Wildman–Crippen MR) is 163 cm³/mol. The fourth-order valence-electron chi connectivity index (χ4n) is 4.40. The van der Waals surface area contributed by atoms with Gasteiger partial charge in [-0.2, -0.15) is 4.98 Å². The summed E-state index contributed by atoms with van der Waals surface area (Å²) in [4.78, 5) is 27.6. The van der Waals surface area contributed by atoms with E-state index in [9.17, 15) is 4.79 Å². The first-order valence-electron chi connectivity index (χ1n) is 13.2. The zero-order chi connectivity index (χ0) is 29.3. The van der Waals surface area contributed by atoms with Crippen LogP contribution in [0, 0.1) is 0 Å². The first-order chi connectivity index (χ1) is 20.5. The molecule has 5 rings (SSSR count). The van der Waals surface area contributed by atoms with Crippen molar-refractivity contribution in [2.45, 2.75) is 6.54 Å². The van der Waals surface area contributed by atoms with Crippen molar-refractivity contribution < 1.29 is 19.0 Å². The number of methoxy groups -OCH3 is 2. The maximum Gasteiger partial charge on any atom is 0.319 e. The Morgan fingerprint density at radius 2 is 1.83 bits per heavy atom. The van der Waals surface area contributed by atoms with Gasteiger partial charge in [0.25, 0.3) is 0 Å². The molecule has 3 heterocycles. The van der Waals surface area contributed by atoms with Gasteiger partial charge in [0.2, 0.25) is 5.95 Å². The Kier molecular flexibility index (Phi) is 9.37. The van der Waals surface area contributed by atoms with E-state index in [2.05, 4.69) is 41.1 Å². The minimum atomic E-state index is -0.354. The third-order valence-corrected chi connectivity index (χ3v) is 6.70. The van der Waals surface area contributed by atoms with Crippen LogP contribution in [0.25, 0.3) is 0 Å². The maximum atomic E-state index is 12.4. The zero-order valence-corrected chi connectivity index (χ0v) is 23.9. The summed E-state index contributed by atoms with van der Waals surface area (Å²) in [5, 5.41) is 12.5. The van der Waals surface area contributed by atoms with E-state index in [4.69, 9.17) is 25.8 Å². The number of urea groups is 1. The van der Waals surface area contributed by atoms with Crippen LogP contribution in [0.15, 0.2) is 67.1 Å². The number of para-hydroxylation sites is 1. The lowest BCUT2D eigenvalue weighted by Crippen LogP contribution is -2.36. The normalized spacial score (nSPS) is 12.8. The SMILES string of the molecule is COc1cc(NC(=O)NCc2cccnc2)ccc1Nc1ncc(Cl)c(Nc2cccc(OC)c2N2CCOCC2)n1. The molecule has 4 aromatic rings. The number of carbonyl (C=O) groups is 1. The van der Waals surface area contributed by atoms with Gasteiger partial charge in [0.15, 0.2) is 5.82 Å².